The van der Waals surface area contributed by atoms with Crippen molar-refractivity contribution in [2.24, 2.45) is 0 Å². The second-order valence-corrected chi connectivity index (χ2v) is 9.98. The third kappa shape index (κ3) is 5.69. The summed E-state index contributed by atoms with van der Waals surface area (Å²) in [6.07, 6.45) is -0.420. The van der Waals surface area contributed by atoms with Gasteiger partial charge in [-0.3, -0.25) is 9.59 Å². The number of amides is 2. The highest BCUT2D eigenvalue weighted by Crippen LogP contribution is 2.43. The molecule has 41 heavy (non-hydrogen) atoms. The van der Waals surface area contributed by atoms with Gasteiger partial charge in [-0.2, -0.15) is 0 Å². The summed E-state index contributed by atoms with van der Waals surface area (Å²) < 4.78 is 34.7. The molecule has 0 radical (unpaired) electrons. The van der Waals surface area contributed by atoms with Crippen molar-refractivity contribution < 1.29 is 27.9 Å². The van der Waals surface area contributed by atoms with E-state index in [1.807, 2.05) is 42.5 Å². The fourth-order valence-corrected chi connectivity index (χ4v) is 5.12. The maximum absolute atomic E-state index is 14.9. The topological polar surface area (TPSA) is 75.7 Å². The Hall–Kier alpha value is -4.56. The number of benzene rings is 4. The second-order valence-electron chi connectivity index (χ2n) is 9.54. The zero-order chi connectivity index (χ0) is 29.1. The number of methoxy groups -OCH3 is 1. The van der Waals surface area contributed by atoms with E-state index in [1.54, 1.807) is 12.1 Å². The molecule has 1 heterocycles. The molecule has 0 unspecified atom stereocenters. The SMILES string of the molecule is COC(=O)c1cc(NC(=O)c2ccccc2-c2ccccc2)ccc1C(=O)N1CCCC(F)(F)c2cc(Cl)ccc21. The highest BCUT2D eigenvalue weighted by Gasteiger charge is 2.39. The molecule has 0 saturated heterocycles. The van der Waals surface area contributed by atoms with Crippen LogP contribution in [0.3, 0.4) is 0 Å². The van der Waals surface area contributed by atoms with E-state index >= 15 is 0 Å². The van der Waals surface area contributed by atoms with Gasteiger partial charge in [0.15, 0.2) is 0 Å². The first-order valence-corrected chi connectivity index (χ1v) is 13.3. The van der Waals surface area contributed by atoms with Crippen LogP contribution in [0.25, 0.3) is 11.1 Å². The zero-order valence-corrected chi connectivity index (χ0v) is 22.8. The van der Waals surface area contributed by atoms with E-state index in [2.05, 4.69) is 5.32 Å². The molecule has 5 rings (SSSR count). The lowest BCUT2D eigenvalue weighted by Crippen LogP contribution is -2.33. The van der Waals surface area contributed by atoms with Crippen LogP contribution >= 0.6 is 11.6 Å². The number of carbonyl (C=O) groups is 3. The van der Waals surface area contributed by atoms with Crippen LogP contribution in [0.5, 0.6) is 0 Å². The summed E-state index contributed by atoms with van der Waals surface area (Å²) in [4.78, 5) is 41.1. The average molecular weight is 575 g/mol. The average Bonchev–Trinajstić information content (AvgIpc) is 3.12. The number of ether oxygens (including phenoxy) is 1. The van der Waals surface area contributed by atoms with Gasteiger partial charge < -0.3 is 15.0 Å². The molecule has 0 spiro atoms. The molecule has 208 valence electrons. The molecule has 4 aromatic carbocycles. The molecule has 0 aliphatic carbocycles. The molecule has 0 atom stereocenters. The Morgan fingerprint density at radius 2 is 1.61 bits per heavy atom. The molecule has 1 N–H and O–H groups in total. The van der Waals surface area contributed by atoms with Gasteiger partial charge in [0.05, 0.1) is 23.9 Å². The number of hydrogen-bond donors (Lipinski definition) is 1. The molecule has 1 aliphatic heterocycles. The summed E-state index contributed by atoms with van der Waals surface area (Å²) >= 11 is 6.00. The lowest BCUT2D eigenvalue weighted by molar-refractivity contribution is -0.0121. The molecule has 0 bridgehead atoms. The number of nitrogens with zero attached hydrogens (tertiary/aromatic N) is 1. The molecule has 0 fully saturated rings. The summed E-state index contributed by atoms with van der Waals surface area (Å²) in [6, 6.07) is 24.7. The summed E-state index contributed by atoms with van der Waals surface area (Å²) in [7, 11) is 1.17. The van der Waals surface area contributed by atoms with Gasteiger partial charge in [-0.05, 0) is 60.0 Å². The van der Waals surface area contributed by atoms with E-state index in [1.165, 1.54) is 42.3 Å². The van der Waals surface area contributed by atoms with Crippen molar-refractivity contribution in [2.45, 2.75) is 18.8 Å². The number of carbonyl (C=O) groups excluding carboxylic acids is 3. The van der Waals surface area contributed by atoms with Gasteiger partial charge in [0.25, 0.3) is 17.7 Å². The number of anilines is 2. The molecule has 6 nitrogen and oxygen atoms in total. The molecule has 1 aliphatic rings. The van der Waals surface area contributed by atoms with E-state index < -0.39 is 30.1 Å². The van der Waals surface area contributed by atoms with Gasteiger partial charge in [-0.1, -0.05) is 60.1 Å². The van der Waals surface area contributed by atoms with Crippen molar-refractivity contribution in [2.75, 3.05) is 23.9 Å². The number of halogens is 3. The first-order chi connectivity index (χ1) is 19.7. The Labute approximate surface area is 240 Å². The number of fused-ring (bicyclic) bond motifs is 1. The maximum atomic E-state index is 14.9. The van der Waals surface area contributed by atoms with E-state index in [0.717, 1.165) is 17.2 Å². The molecule has 2 amide bonds. The van der Waals surface area contributed by atoms with Crippen molar-refractivity contribution in [3.8, 4) is 11.1 Å². The van der Waals surface area contributed by atoms with Crippen molar-refractivity contribution in [3.05, 3.63) is 118 Å². The predicted octanol–water partition coefficient (Wildman–Crippen LogP) is 7.58. The van der Waals surface area contributed by atoms with Gasteiger partial charge in [0.2, 0.25) is 0 Å². The van der Waals surface area contributed by atoms with Crippen molar-refractivity contribution >= 4 is 40.8 Å². The van der Waals surface area contributed by atoms with E-state index in [-0.39, 0.29) is 46.1 Å². The number of hydrogen-bond acceptors (Lipinski definition) is 4. The standard InChI is InChI=1S/C32H25ClF2N2O4/c1-41-31(40)26-19-22(36-29(38)24-11-6-5-10-23(24)20-8-3-2-4-9-20)13-14-25(26)30(39)37-17-7-16-32(34,35)27-18-21(33)12-15-28(27)37/h2-6,8-15,18-19H,7,16-17H2,1H3,(H,36,38). The fraction of sp³-hybridized carbons (Fsp3) is 0.156. The van der Waals surface area contributed by atoms with Crippen molar-refractivity contribution in [3.63, 3.8) is 0 Å². The third-order valence-electron chi connectivity index (χ3n) is 6.93. The van der Waals surface area contributed by atoms with Crippen LogP contribution in [0.15, 0.2) is 91.0 Å². The van der Waals surface area contributed by atoms with Gasteiger partial charge in [0, 0.05) is 34.8 Å². The van der Waals surface area contributed by atoms with Crippen LogP contribution < -0.4 is 10.2 Å². The largest absolute Gasteiger partial charge is 0.465 e. The van der Waals surface area contributed by atoms with Crippen LogP contribution in [0.4, 0.5) is 20.2 Å². The van der Waals surface area contributed by atoms with Crippen molar-refractivity contribution in [1.29, 1.82) is 0 Å². The highest BCUT2D eigenvalue weighted by molar-refractivity contribution is 6.30. The Kier molecular flexibility index (Phi) is 7.85. The second kappa shape index (κ2) is 11.5. The lowest BCUT2D eigenvalue weighted by Gasteiger charge is -2.25. The Morgan fingerprint density at radius 3 is 2.37 bits per heavy atom. The van der Waals surface area contributed by atoms with Crippen LogP contribution in [-0.2, 0) is 10.7 Å². The molecular weight excluding hydrogens is 550 g/mol. The molecular formula is C32H25ClF2N2O4. The number of esters is 1. The Bertz CT molecular complexity index is 1640. The van der Waals surface area contributed by atoms with Gasteiger partial charge in [0.1, 0.15) is 0 Å². The van der Waals surface area contributed by atoms with E-state index in [0.29, 0.717) is 5.56 Å². The normalized spacial score (nSPS) is 14.0. The Morgan fingerprint density at radius 1 is 0.878 bits per heavy atom. The summed E-state index contributed by atoms with van der Waals surface area (Å²) in [5, 5.41) is 2.92. The minimum atomic E-state index is -3.18. The van der Waals surface area contributed by atoms with Crippen LogP contribution in [-0.4, -0.2) is 31.4 Å². The maximum Gasteiger partial charge on any atom is 0.338 e. The Balaban J connectivity index is 1.49. The van der Waals surface area contributed by atoms with Crippen LogP contribution in [0.1, 0.15) is 49.5 Å². The predicted molar refractivity (Wildman–Crippen MR) is 154 cm³/mol. The number of rotatable bonds is 5. The molecule has 0 aromatic heterocycles. The first kappa shape index (κ1) is 28.0. The fourth-order valence-electron chi connectivity index (χ4n) is 4.94. The van der Waals surface area contributed by atoms with Gasteiger partial charge in [-0.15, -0.1) is 0 Å². The lowest BCUT2D eigenvalue weighted by atomic mass is 9.99. The number of alkyl halides is 2. The van der Waals surface area contributed by atoms with E-state index in [4.69, 9.17) is 16.3 Å². The summed E-state index contributed by atoms with van der Waals surface area (Å²) in [5.41, 5.74) is 1.76. The minimum Gasteiger partial charge on any atom is -0.465 e. The summed E-state index contributed by atoms with van der Waals surface area (Å²) in [6.45, 7) is 0.0123. The molecule has 4 aromatic rings. The first-order valence-electron chi connectivity index (χ1n) is 12.9. The third-order valence-corrected chi connectivity index (χ3v) is 7.17. The molecule has 0 saturated carbocycles. The monoisotopic (exact) mass is 574 g/mol. The number of nitrogens with one attached hydrogen (secondary N) is 1. The smallest absolute Gasteiger partial charge is 0.338 e. The van der Waals surface area contributed by atoms with Crippen molar-refractivity contribution in [1.82, 2.24) is 0 Å². The van der Waals surface area contributed by atoms with Crippen LogP contribution in [0.2, 0.25) is 5.02 Å². The van der Waals surface area contributed by atoms with Gasteiger partial charge >= 0.3 is 5.97 Å². The summed E-state index contributed by atoms with van der Waals surface area (Å²) in [5.74, 6) is -5.06. The van der Waals surface area contributed by atoms with Gasteiger partial charge in [-0.25, -0.2) is 13.6 Å². The van der Waals surface area contributed by atoms with E-state index in [9.17, 15) is 23.2 Å². The minimum absolute atomic E-state index is 0.0123. The van der Waals surface area contributed by atoms with Crippen LogP contribution in [0, 0.1) is 0 Å². The molecule has 9 heteroatoms. The highest BCUT2D eigenvalue weighted by atomic mass is 35.5. The zero-order valence-electron chi connectivity index (χ0n) is 22.0. The quantitative estimate of drug-likeness (QED) is 0.249.